The van der Waals surface area contributed by atoms with Gasteiger partial charge in [0.25, 0.3) is 0 Å². The number of H-pyrrole nitrogens is 1. The number of nitrogens with one attached hydrogen (secondary N) is 1. The molecule has 0 spiro atoms. The van der Waals surface area contributed by atoms with Gasteiger partial charge in [0.1, 0.15) is 5.56 Å². The number of carbonyl (C=O) groups is 1. The number of carboxylic acid groups (broad SMARTS) is 1. The zero-order chi connectivity index (χ0) is 13.1. The monoisotopic (exact) mass is 240 g/mol. The lowest BCUT2D eigenvalue weighted by atomic mass is 10.1. The average Bonchev–Trinajstić information content (AvgIpc) is 2.36. The van der Waals surface area contributed by atoms with E-state index < -0.39 is 11.4 Å². The van der Waals surface area contributed by atoms with Crippen LogP contribution in [0.25, 0.3) is 17.0 Å². The maximum Gasteiger partial charge on any atom is 0.341 e. The molecule has 2 rings (SSSR count). The lowest BCUT2D eigenvalue weighted by Gasteiger charge is -2.01. The Morgan fingerprint density at radius 3 is 2.89 bits per heavy atom. The number of rotatable bonds is 2. The SMILES string of the molecule is N#CC=Cc1ccc2[nH]cc(C(=O)O)c(=O)c2c1. The maximum absolute atomic E-state index is 11.9. The molecule has 0 saturated carbocycles. The van der Waals surface area contributed by atoms with E-state index in [9.17, 15) is 9.59 Å². The first kappa shape index (κ1) is 11.6. The minimum absolute atomic E-state index is 0.287. The van der Waals surface area contributed by atoms with Gasteiger partial charge in [0.05, 0.1) is 6.07 Å². The first-order valence-corrected chi connectivity index (χ1v) is 5.08. The van der Waals surface area contributed by atoms with Crippen molar-refractivity contribution in [3.05, 3.63) is 51.8 Å². The van der Waals surface area contributed by atoms with E-state index in [1.165, 1.54) is 12.3 Å². The standard InChI is InChI=1S/C13H8N2O3/c14-5-1-2-8-3-4-11-9(6-8)12(16)10(7-15-11)13(17)18/h1-4,6-7H,(H,15,16)(H,17,18). The smallest absolute Gasteiger partial charge is 0.341 e. The third-order valence-corrected chi connectivity index (χ3v) is 2.49. The number of aromatic nitrogens is 1. The van der Waals surface area contributed by atoms with Gasteiger partial charge in [0.15, 0.2) is 0 Å². The van der Waals surface area contributed by atoms with E-state index in [0.717, 1.165) is 0 Å². The van der Waals surface area contributed by atoms with Crippen molar-refractivity contribution in [3.8, 4) is 6.07 Å². The molecule has 1 aromatic heterocycles. The van der Waals surface area contributed by atoms with E-state index in [1.807, 2.05) is 6.07 Å². The van der Waals surface area contributed by atoms with E-state index in [2.05, 4.69) is 4.98 Å². The van der Waals surface area contributed by atoms with Crippen molar-refractivity contribution in [2.75, 3.05) is 0 Å². The summed E-state index contributed by atoms with van der Waals surface area (Å²) in [5.74, 6) is -1.27. The molecule has 88 valence electrons. The summed E-state index contributed by atoms with van der Waals surface area (Å²) in [5.41, 5.74) is 0.378. The van der Waals surface area contributed by atoms with Crippen molar-refractivity contribution in [1.82, 2.24) is 4.98 Å². The Kier molecular flexibility index (Phi) is 2.94. The first-order chi connectivity index (χ1) is 8.63. The van der Waals surface area contributed by atoms with Gasteiger partial charge in [-0.25, -0.2) is 4.79 Å². The largest absolute Gasteiger partial charge is 0.477 e. The fourth-order valence-electron chi connectivity index (χ4n) is 1.63. The quantitative estimate of drug-likeness (QED) is 0.782. The summed E-state index contributed by atoms with van der Waals surface area (Å²) in [6, 6.07) is 6.79. The summed E-state index contributed by atoms with van der Waals surface area (Å²) in [4.78, 5) is 25.5. The lowest BCUT2D eigenvalue weighted by Crippen LogP contribution is -2.15. The number of carboxylic acids is 1. The van der Waals surface area contributed by atoms with Gasteiger partial charge in [0.2, 0.25) is 5.43 Å². The van der Waals surface area contributed by atoms with E-state index >= 15 is 0 Å². The van der Waals surface area contributed by atoms with Crippen LogP contribution in [-0.4, -0.2) is 16.1 Å². The molecule has 1 aromatic carbocycles. The summed E-state index contributed by atoms with van der Waals surface area (Å²) in [6.07, 6.45) is 4.01. The van der Waals surface area contributed by atoms with Gasteiger partial charge in [-0.1, -0.05) is 6.07 Å². The number of benzene rings is 1. The summed E-state index contributed by atoms with van der Waals surface area (Å²) >= 11 is 0. The van der Waals surface area contributed by atoms with Crippen LogP contribution < -0.4 is 5.43 Å². The van der Waals surface area contributed by atoms with Crippen LogP contribution in [0.3, 0.4) is 0 Å². The number of pyridine rings is 1. The van der Waals surface area contributed by atoms with Crippen LogP contribution in [0, 0.1) is 11.3 Å². The molecule has 0 bridgehead atoms. The molecule has 0 fully saturated rings. The first-order valence-electron chi connectivity index (χ1n) is 5.08. The third kappa shape index (κ3) is 1.99. The van der Waals surface area contributed by atoms with E-state index in [1.54, 1.807) is 24.3 Å². The molecule has 18 heavy (non-hydrogen) atoms. The Morgan fingerprint density at radius 1 is 1.44 bits per heavy atom. The fourth-order valence-corrected chi connectivity index (χ4v) is 1.63. The summed E-state index contributed by atoms with van der Waals surface area (Å²) in [6.45, 7) is 0. The normalized spacial score (nSPS) is 10.6. The van der Waals surface area contributed by atoms with Crippen molar-refractivity contribution >= 4 is 22.9 Å². The van der Waals surface area contributed by atoms with E-state index in [0.29, 0.717) is 11.1 Å². The zero-order valence-corrected chi connectivity index (χ0v) is 9.18. The van der Waals surface area contributed by atoms with Crippen molar-refractivity contribution in [2.24, 2.45) is 0 Å². The lowest BCUT2D eigenvalue weighted by molar-refractivity contribution is 0.0695. The van der Waals surface area contributed by atoms with Crippen molar-refractivity contribution < 1.29 is 9.90 Å². The Morgan fingerprint density at radius 2 is 2.22 bits per heavy atom. The van der Waals surface area contributed by atoms with Crippen LogP contribution in [0.5, 0.6) is 0 Å². The van der Waals surface area contributed by atoms with E-state index in [4.69, 9.17) is 10.4 Å². The average molecular weight is 240 g/mol. The zero-order valence-electron chi connectivity index (χ0n) is 9.18. The predicted octanol–water partition coefficient (Wildman–Crippen LogP) is 1.76. The van der Waals surface area contributed by atoms with Gasteiger partial charge in [-0.2, -0.15) is 5.26 Å². The van der Waals surface area contributed by atoms with Gasteiger partial charge in [-0.15, -0.1) is 0 Å². The molecule has 5 heteroatoms. The van der Waals surface area contributed by atoms with Crippen LogP contribution >= 0.6 is 0 Å². The predicted molar refractivity (Wildman–Crippen MR) is 66.2 cm³/mol. The minimum atomic E-state index is -1.27. The van der Waals surface area contributed by atoms with Crippen molar-refractivity contribution in [2.45, 2.75) is 0 Å². The van der Waals surface area contributed by atoms with Gasteiger partial charge in [-0.05, 0) is 23.8 Å². The highest BCUT2D eigenvalue weighted by atomic mass is 16.4. The molecule has 1 heterocycles. The number of allylic oxidation sites excluding steroid dienone is 1. The van der Waals surface area contributed by atoms with Gasteiger partial charge < -0.3 is 10.1 Å². The van der Waals surface area contributed by atoms with Crippen molar-refractivity contribution in [1.29, 1.82) is 5.26 Å². The highest BCUT2D eigenvalue weighted by Gasteiger charge is 2.11. The highest BCUT2D eigenvalue weighted by molar-refractivity contribution is 5.92. The van der Waals surface area contributed by atoms with Gasteiger partial charge >= 0.3 is 5.97 Å². The second-order valence-corrected chi connectivity index (χ2v) is 3.60. The fraction of sp³-hybridized carbons (Fsp3) is 0. The second-order valence-electron chi connectivity index (χ2n) is 3.60. The summed E-state index contributed by atoms with van der Waals surface area (Å²) in [7, 11) is 0. The van der Waals surface area contributed by atoms with Crippen LogP contribution in [-0.2, 0) is 0 Å². The summed E-state index contributed by atoms with van der Waals surface area (Å²) < 4.78 is 0. The number of nitrogens with zero attached hydrogens (tertiary/aromatic N) is 1. The Hall–Kier alpha value is -2.87. The van der Waals surface area contributed by atoms with Gasteiger partial charge in [0, 0.05) is 23.2 Å². The molecule has 0 aliphatic carbocycles. The number of fused-ring (bicyclic) bond motifs is 1. The molecular formula is C13H8N2O3. The molecule has 5 nitrogen and oxygen atoms in total. The third-order valence-electron chi connectivity index (χ3n) is 2.49. The number of hydrogen-bond donors (Lipinski definition) is 2. The molecule has 0 saturated heterocycles. The Bertz CT molecular complexity index is 751. The van der Waals surface area contributed by atoms with Crippen LogP contribution in [0.4, 0.5) is 0 Å². The number of aromatic amines is 1. The summed E-state index contributed by atoms with van der Waals surface area (Å²) in [5, 5.41) is 17.6. The molecule has 0 aliphatic heterocycles. The van der Waals surface area contributed by atoms with Crippen LogP contribution in [0.1, 0.15) is 15.9 Å². The molecule has 0 aliphatic rings. The molecule has 0 radical (unpaired) electrons. The Labute approximate surface area is 102 Å². The number of hydrogen-bond acceptors (Lipinski definition) is 3. The highest BCUT2D eigenvalue weighted by Crippen LogP contribution is 2.12. The van der Waals surface area contributed by atoms with E-state index in [-0.39, 0.29) is 10.9 Å². The molecule has 0 atom stereocenters. The maximum atomic E-state index is 11.9. The Balaban J connectivity index is 2.71. The van der Waals surface area contributed by atoms with Gasteiger partial charge in [-0.3, -0.25) is 4.79 Å². The van der Waals surface area contributed by atoms with Crippen LogP contribution in [0.2, 0.25) is 0 Å². The van der Waals surface area contributed by atoms with Crippen molar-refractivity contribution in [3.63, 3.8) is 0 Å². The molecule has 0 amide bonds. The molecule has 2 aromatic rings. The van der Waals surface area contributed by atoms with Crippen LogP contribution in [0.15, 0.2) is 35.3 Å². The molecule has 0 unspecified atom stereocenters. The second kappa shape index (κ2) is 4.55. The number of aromatic carboxylic acids is 1. The number of nitriles is 1. The topological polar surface area (TPSA) is 93.9 Å². The minimum Gasteiger partial charge on any atom is -0.477 e. The molecule has 2 N–H and O–H groups in total. The molecular weight excluding hydrogens is 232 g/mol.